The Morgan fingerprint density at radius 2 is 1.20 bits per heavy atom. The molecule has 0 bridgehead atoms. The summed E-state index contributed by atoms with van der Waals surface area (Å²) in [6.45, 7) is 16.8. The van der Waals surface area contributed by atoms with Crippen molar-refractivity contribution in [3.63, 3.8) is 0 Å². The van der Waals surface area contributed by atoms with Gasteiger partial charge in [0, 0.05) is 49.6 Å². The van der Waals surface area contributed by atoms with E-state index in [-0.39, 0.29) is 23.1 Å². The van der Waals surface area contributed by atoms with Crippen molar-refractivity contribution in [1.29, 1.82) is 0 Å². The van der Waals surface area contributed by atoms with Crippen LogP contribution in [0.2, 0.25) is 0 Å². The minimum Gasteiger partial charge on any atom is -0.450 e. The van der Waals surface area contributed by atoms with E-state index in [1.54, 1.807) is 0 Å². The van der Waals surface area contributed by atoms with Crippen LogP contribution in [0.5, 0.6) is 23.0 Å². The summed E-state index contributed by atoms with van der Waals surface area (Å²) in [5, 5.41) is 0. The van der Waals surface area contributed by atoms with Crippen LogP contribution < -0.4 is 30.1 Å². The molecule has 7 aromatic rings. The zero-order valence-corrected chi connectivity index (χ0v) is 36.0. The van der Waals surface area contributed by atoms with Gasteiger partial charge in [0.05, 0.1) is 5.69 Å². The fourth-order valence-corrected chi connectivity index (χ4v) is 12.9. The third-order valence-electron chi connectivity index (χ3n) is 14.8. The van der Waals surface area contributed by atoms with Crippen molar-refractivity contribution in [2.75, 3.05) is 9.71 Å². The van der Waals surface area contributed by atoms with Crippen LogP contribution in [0.4, 0.5) is 28.4 Å². The summed E-state index contributed by atoms with van der Waals surface area (Å²) in [7, 11) is 0. The molecule has 0 saturated carbocycles. The van der Waals surface area contributed by atoms with Gasteiger partial charge < -0.3 is 19.2 Å². The summed E-state index contributed by atoms with van der Waals surface area (Å²) in [6.07, 6.45) is 2.33. The second-order valence-corrected chi connectivity index (χ2v) is 20.7. The molecule has 0 atom stereocenters. The molecule has 0 N–H and O–H groups in total. The smallest absolute Gasteiger partial charge is 0.333 e. The molecule has 7 aromatic carbocycles. The standard InChI is InChI=1S/C54H45BN2O2S/c1-30-25-35-36(53(4,5)24-23-52(35,2)3)27-39(30)56-40-29-45-44(58-42-19-11-12-20-43(42)59-45)28-37(40)55-50-41(56)26-33-31-15-8-9-17-34(31)54(6,7)49(33)48(50)32-16-14-22-47-51(32)57(55)38-18-10-13-21-46(38)60-47/h8-22,25-29H,23-24H2,1-7H3. The summed E-state index contributed by atoms with van der Waals surface area (Å²) >= 11 is 1.89. The second-order valence-electron chi connectivity index (χ2n) is 19.6. The van der Waals surface area contributed by atoms with Crippen LogP contribution in [-0.4, -0.2) is 6.85 Å². The van der Waals surface area contributed by atoms with Crippen LogP contribution in [0.3, 0.4) is 0 Å². The average Bonchev–Trinajstić information content (AvgIpc) is 3.47. The first-order chi connectivity index (χ1) is 28.9. The average molecular weight is 797 g/mol. The number of para-hydroxylation sites is 4. The van der Waals surface area contributed by atoms with Crippen molar-refractivity contribution in [2.24, 2.45) is 0 Å². The number of rotatable bonds is 1. The molecule has 0 saturated heterocycles. The Labute approximate surface area is 357 Å². The van der Waals surface area contributed by atoms with Crippen molar-refractivity contribution in [3.8, 4) is 45.3 Å². The van der Waals surface area contributed by atoms with Crippen molar-refractivity contribution in [1.82, 2.24) is 0 Å². The van der Waals surface area contributed by atoms with E-state index in [2.05, 4.69) is 155 Å². The molecule has 0 aromatic heterocycles. The Bertz CT molecular complexity index is 3110. The van der Waals surface area contributed by atoms with Crippen LogP contribution in [0, 0.1) is 6.92 Å². The van der Waals surface area contributed by atoms with Crippen LogP contribution in [0.1, 0.15) is 82.2 Å². The highest BCUT2D eigenvalue weighted by molar-refractivity contribution is 7.99. The van der Waals surface area contributed by atoms with Gasteiger partial charge >= 0.3 is 6.85 Å². The Kier molecular flexibility index (Phi) is 6.70. The molecule has 0 spiro atoms. The van der Waals surface area contributed by atoms with Gasteiger partial charge in [0.1, 0.15) is 0 Å². The maximum atomic E-state index is 6.79. The first-order valence-electron chi connectivity index (χ1n) is 21.5. The van der Waals surface area contributed by atoms with Crippen molar-refractivity contribution in [2.45, 2.75) is 87.3 Å². The first kappa shape index (κ1) is 35.0. The number of aryl methyl sites for hydroxylation is 1. The Hall–Kier alpha value is -5.85. The molecule has 0 fully saturated rings. The summed E-state index contributed by atoms with van der Waals surface area (Å²) in [4.78, 5) is 7.83. The summed E-state index contributed by atoms with van der Waals surface area (Å²) < 4.78 is 13.6. The number of hydrogen-bond acceptors (Lipinski definition) is 5. The molecule has 2 aliphatic carbocycles. The minimum atomic E-state index is -0.218. The SMILES string of the molecule is Cc1cc2c(cc1N1c3cc4c(cc3B3c5c1cc1c(c5-c5cccc6c5N3c3ccccc3S6)C(C)(C)c3ccccc3-1)Oc1ccccc1O4)C(C)(C)CCC2(C)C. The van der Waals surface area contributed by atoms with E-state index in [4.69, 9.17) is 9.47 Å². The molecule has 6 aliphatic rings. The largest absolute Gasteiger partial charge is 0.450 e. The molecule has 60 heavy (non-hydrogen) atoms. The fourth-order valence-electron chi connectivity index (χ4n) is 11.7. The first-order valence-corrected chi connectivity index (χ1v) is 22.3. The number of ether oxygens (including phenoxy) is 2. The van der Waals surface area contributed by atoms with E-state index >= 15 is 0 Å². The molecular weight excluding hydrogens is 751 g/mol. The highest BCUT2D eigenvalue weighted by Crippen LogP contribution is 2.62. The third kappa shape index (κ3) is 4.40. The van der Waals surface area contributed by atoms with Gasteiger partial charge in [-0.05, 0) is 135 Å². The number of benzene rings is 7. The normalized spacial score (nSPS) is 17.9. The predicted octanol–water partition coefficient (Wildman–Crippen LogP) is 13.7. The van der Waals surface area contributed by atoms with E-state index in [9.17, 15) is 0 Å². The van der Waals surface area contributed by atoms with Crippen LogP contribution in [0.25, 0.3) is 22.3 Å². The topological polar surface area (TPSA) is 24.9 Å². The van der Waals surface area contributed by atoms with Gasteiger partial charge in [-0.2, -0.15) is 0 Å². The highest BCUT2D eigenvalue weighted by atomic mass is 32.2. The molecule has 13 rings (SSSR count). The zero-order chi connectivity index (χ0) is 40.6. The number of fused-ring (bicyclic) bond motifs is 13. The zero-order valence-electron chi connectivity index (χ0n) is 35.2. The molecule has 292 valence electrons. The van der Waals surface area contributed by atoms with Crippen molar-refractivity contribution < 1.29 is 9.47 Å². The molecule has 6 heteroatoms. The van der Waals surface area contributed by atoms with Gasteiger partial charge in [-0.25, -0.2) is 0 Å². The Balaban J connectivity index is 1.19. The summed E-state index contributed by atoms with van der Waals surface area (Å²) in [5.74, 6) is 2.95. The Morgan fingerprint density at radius 1 is 0.550 bits per heavy atom. The van der Waals surface area contributed by atoms with E-state index < -0.39 is 0 Å². The lowest BCUT2D eigenvalue weighted by Gasteiger charge is -2.49. The van der Waals surface area contributed by atoms with Gasteiger partial charge in [-0.15, -0.1) is 0 Å². The van der Waals surface area contributed by atoms with Crippen LogP contribution >= 0.6 is 11.8 Å². The van der Waals surface area contributed by atoms with Gasteiger partial charge in [-0.1, -0.05) is 120 Å². The maximum Gasteiger partial charge on any atom is 0.333 e. The molecule has 0 amide bonds. The summed E-state index contributed by atoms with van der Waals surface area (Å²) in [5.41, 5.74) is 20.9. The highest BCUT2D eigenvalue weighted by Gasteiger charge is 2.52. The number of nitrogens with zero attached hydrogens (tertiary/aromatic N) is 2. The quantitative estimate of drug-likeness (QED) is 0.154. The van der Waals surface area contributed by atoms with Crippen molar-refractivity contribution >= 4 is 58.0 Å². The van der Waals surface area contributed by atoms with E-state index in [0.717, 1.165) is 35.1 Å². The van der Waals surface area contributed by atoms with Gasteiger partial charge in [-0.3, -0.25) is 0 Å². The summed E-state index contributed by atoms with van der Waals surface area (Å²) in [6, 6.07) is 45.3. The molecule has 0 radical (unpaired) electrons. The lowest BCUT2D eigenvalue weighted by Crippen LogP contribution is -2.62. The predicted molar refractivity (Wildman–Crippen MR) is 248 cm³/mol. The minimum absolute atomic E-state index is 0.0375. The lowest BCUT2D eigenvalue weighted by atomic mass is 9.42. The van der Waals surface area contributed by atoms with E-state index in [1.165, 1.54) is 100.0 Å². The van der Waals surface area contributed by atoms with Gasteiger partial charge in [0.2, 0.25) is 0 Å². The lowest BCUT2D eigenvalue weighted by molar-refractivity contribution is 0.332. The van der Waals surface area contributed by atoms with Crippen LogP contribution in [-0.2, 0) is 16.2 Å². The molecule has 4 aliphatic heterocycles. The van der Waals surface area contributed by atoms with Crippen molar-refractivity contribution in [3.05, 3.63) is 149 Å². The molecule has 4 nitrogen and oxygen atoms in total. The van der Waals surface area contributed by atoms with E-state index in [0.29, 0.717) is 0 Å². The van der Waals surface area contributed by atoms with Gasteiger partial charge in [0.15, 0.2) is 23.0 Å². The molecular formula is C54H45BN2O2S. The van der Waals surface area contributed by atoms with Gasteiger partial charge in [0.25, 0.3) is 0 Å². The maximum absolute atomic E-state index is 6.79. The van der Waals surface area contributed by atoms with E-state index in [1.807, 2.05) is 36.0 Å². The molecule has 4 heterocycles. The number of anilines is 5. The Morgan fingerprint density at radius 3 is 1.98 bits per heavy atom. The monoisotopic (exact) mass is 796 g/mol. The second kappa shape index (κ2) is 11.5. The fraction of sp³-hybridized carbons (Fsp3) is 0.222. The number of hydrogen-bond donors (Lipinski definition) is 0. The molecule has 0 unspecified atom stereocenters. The third-order valence-corrected chi connectivity index (χ3v) is 15.9. The van der Waals surface area contributed by atoms with Crippen LogP contribution in [0.15, 0.2) is 131 Å².